The Bertz CT molecular complexity index is 1060. The Morgan fingerprint density at radius 1 is 1.26 bits per heavy atom. The van der Waals surface area contributed by atoms with Crippen LogP contribution in [0, 0.1) is 11.6 Å². The zero-order chi connectivity index (χ0) is 22.8. The van der Waals surface area contributed by atoms with Gasteiger partial charge in [0, 0.05) is 18.2 Å². The summed E-state index contributed by atoms with van der Waals surface area (Å²) in [6.07, 6.45) is 0.510. The Hall–Kier alpha value is -2.60. The van der Waals surface area contributed by atoms with Crippen molar-refractivity contribution in [2.75, 3.05) is 6.54 Å². The molecule has 3 N–H and O–H groups in total. The van der Waals surface area contributed by atoms with Crippen LogP contribution in [0.2, 0.25) is 0 Å². The second-order valence-corrected chi connectivity index (χ2v) is 9.34. The number of piperidine rings is 1. The summed E-state index contributed by atoms with van der Waals surface area (Å²) in [5.74, 6) is -2.25. The van der Waals surface area contributed by atoms with Crippen LogP contribution in [0.1, 0.15) is 25.3 Å². The predicted molar refractivity (Wildman–Crippen MR) is 105 cm³/mol. The molecule has 0 radical (unpaired) electrons. The van der Waals surface area contributed by atoms with Crippen LogP contribution in [0.4, 0.5) is 8.78 Å². The zero-order valence-electron chi connectivity index (χ0n) is 16.6. The lowest BCUT2D eigenvalue weighted by Gasteiger charge is -2.42. The smallest absolute Gasteiger partial charge is 0.264 e. The van der Waals surface area contributed by atoms with E-state index in [9.17, 15) is 27.1 Å². The van der Waals surface area contributed by atoms with Gasteiger partial charge in [0.25, 0.3) is 5.91 Å². The molecule has 11 heteroatoms. The average Bonchev–Trinajstić information content (AvgIpc) is 2.72. The summed E-state index contributed by atoms with van der Waals surface area (Å²) in [6, 6.07) is 6.80. The van der Waals surface area contributed by atoms with Crippen LogP contribution in [-0.2, 0) is 21.4 Å². The summed E-state index contributed by atoms with van der Waals surface area (Å²) >= 11 is 0. The Morgan fingerprint density at radius 2 is 1.94 bits per heavy atom. The Labute approximate surface area is 178 Å². The van der Waals surface area contributed by atoms with Crippen LogP contribution in [0.15, 0.2) is 47.4 Å². The quantitative estimate of drug-likeness (QED) is 0.452. The van der Waals surface area contributed by atoms with Crippen LogP contribution in [0.5, 0.6) is 5.75 Å². The fourth-order valence-corrected chi connectivity index (χ4v) is 5.27. The third kappa shape index (κ3) is 4.85. The minimum atomic E-state index is -4.19. The lowest BCUT2D eigenvalue weighted by atomic mass is 9.87. The van der Waals surface area contributed by atoms with Gasteiger partial charge in [0.05, 0.1) is 10.5 Å². The lowest BCUT2D eigenvalue weighted by molar-refractivity contribution is -0.144. The number of nitrogens with zero attached hydrogens (tertiary/aromatic N) is 1. The molecule has 1 aliphatic heterocycles. The monoisotopic (exact) mass is 456 g/mol. The largest absolute Gasteiger partial charge is 0.489 e. The van der Waals surface area contributed by atoms with E-state index in [-0.39, 0.29) is 35.8 Å². The van der Waals surface area contributed by atoms with Gasteiger partial charge in [-0.1, -0.05) is 0 Å². The van der Waals surface area contributed by atoms with Gasteiger partial charge < -0.3 is 9.84 Å². The van der Waals surface area contributed by atoms with E-state index in [1.54, 1.807) is 0 Å². The minimum absolute atomic E-state index is 0.0152. The Kier molecular flexibility index (Phi) is 6.60. The molecular formula is C20H22F2N2O6S. The van der Waals surface area contributed by atoms with Crippen LogP contribution >= 0.6 is 0 Å². The molecule has 31 heavy (non-hydrogen) atoms. The van der Waals surface area contributed by atoms with Crippen LogP contribution in [0.25, 0.3) is 0 Å². The molecule has 0 aromatic heterocycles. The number of hydrogen-bond donors (Lipinski definition) is 3. The normalized spacial score (nSPS) is 22.2. The molecule has 0 aliphatic carbocycles. The fraction of sp³-hybridized carbons (Fsp3) is 0.350. The van der Waals surface area contributed by atoms with Gasteiger partial charge in [0.2, 0.25) is 10.0 Å². The summed E-state index contributed by atoms with van der Waals surface area (Å²) in [5.41, 5.74) is -0.121. The number of aliphatic hydroxyl groups is 1. The first kappa shape index (κ1) is 23.1. The molecule has 168 valence electrons. The van der Waals surface area contributed by atoms with Gasteiger partial charge in [-0.15, -0.1) is 0 Å². The molecule has 3 rings (SSSR count). The highest BCUT2D eigenvalue weighted by Gasteiger charge is 2.49. The van der Waals surface area contributed by atoms with E-state index in [1.807, 2.05) is 0 Å². The molecule has 1 aliphatic rings. The molecule has 2 aromatic rings. The van der Waals surface area contributed by atoms with Crippen LogP contribution in [0.3, 0.4) is 0 Å². The predicted octanol–water partition coefficient (Wildman–Crippen LogP) is 1.95. The number of nitrogens with one attached hydrogen (secondary N) is 1. The number of benzene rings is 2. The van der Waals surface area contributed by atoms with E-state index < -0.39 is 39.2 Å². The first-order valence-electron chi connectivity index (χ1n) is 9.41. The first-order valence-corrected chi connectivity index (χ1v) is 10.9. The van der Waals surface area contributed by atoms with E-state index in [0.29, 0.717) is 6.42 Å². The number of sulfonamides is 1. The summed E-state index contributed by atoms with van der Waals surface area (Å²) < 4.78 is 59.2. The molecule has 8 nitrogen and oxygen atoms in total. The molecule has 0 saturated carbocycles. The van der Waals surface area contributed by atoms with Crippen molar-refractivity contribution in [2.24, 2.45) is 0 Å². The molecule has 1 saturated heterocycles. The van der Waals surface area contributed by atoms with Crippen molar-refractivity contribution in [3.8, 4) is 5.75 Å². The maximum Gasteiger partial charge on any atom is 0.264 e. The van der Waals surface area contributed by atoms with Gasteiger partial charge in [-0.3, -0.25) is 10.0 Å². The standard InChI is InChI=1S/C20H22F2N2O6S/c1-20(26)9-2-10-24(18(20)19(25)23-27)31(28,29)16-7-5-15(6-8-16)30-12-13-3-4-14(21)11-17(13)22/h3-8,11,18,26-27H,2,9-10,12H2,1H3,(H,23,25)/t18?,20-/m1/s1. The van der Waals surface area contributed by atoms with Crippen molar-refractivity contribution in [1.29, 1.82) is 0 Å². The number of ether oxygens (including phenoxy) is 1. The minimum Gasteiger partial charge on any atom is -0.489 e. The maximum absolute atomic E-state index is 13.7. The summed E-state index contributed by atoms with van der Waals surface area (Å²) in [5, 5.41) is 19.5. The van der Waals surface area contributed by atoms with Crippen molar-refractivity contribution in [2.45, 2.75) is 42.9 Å². The highest BCUT2D eigenvalue weighted by Crippen LogP contribution is 2.32. The van der Waals surface area contributed by atoms with Gasteiger partial charge >= 0.3 is 0 Å². The second kappa shape index (κ2) is 8.87. The molecular weight excluding hydrogens is 434 g/mol. The van der Waals surface area contributed by atoms with Crippen LogP contribution in [-0.4, -0.2) is 47.1 Å². The number of rotatable bonds is 6. The van der Waals surface area contributed by atoms with Gasteiger partial charge in [0.1, 0.15) is 30.0 Å². The van der Waals surface area contributed by atoms with Crippen LogP contribution < -0.4 is 10.2 Å². The molecule has 1 fully saturated rings. The van der Waals surface area contributed by atoms with Gasteiger partial charge in [-0.05, 0) is 56.2 Å². The zero-order valence-corrected chi connectivity index (χ0v) is 17.4. The van der Waals surface area contributed by atoms with Crippen molar-refractivity contribution in [1.82, 2.24) is 9.79 Å². The highest BCUT2D eigenvalue weighted by atomic mass is 32.2. The summed E-state index contributed by atoms with van der Waals surface area (Å²) in [6.45, 7) is 1.13. The fourth-order valence-electron chi connectivity index (χ4n) is 3.55. The van der Waals surface area contributed by atoms with Crippen molar-refractivity contribution in [3.63, 3.8) is 0 Å². The number of carbonyl (C=O) groups is 1. The van der Waals surface area contributed by atoms with E-state index in [4.69, 9.17) is 9.94 Å². The molecule has 2 aromatic carbocycles. The number of amides is 1. The third-order valence-corrected chi connectivity index (χ3v) is 7.02. The Morgan fingerprint density at radius 3 is 2.55 bits per heavy atom. The number of hydroxylamine groups is 1. The van der Waals surface area contributed by atoms with Crippen molar-refractivity contribution < 1.29 is 37.0 Å². The summed E-state index contributed by atoms with van der Waals surface area (Å²) in [7, 11) is -4.19. The number of hydrogen-bond acceptors (Lipinski definition) is 6. The Balaban J connectivity index is 1.79. The lowest BCUT2D eigenvalue weighted by Crippen LogP contribution is -2.62. The van der Waals surface area contributed by atoms with E-state index in [0.717, 1.165) is 16.4 Å². The molecule has 2 atom stereocenters. The molecule has 1 heterocycles. The average molecular weight is 456 g/mol. The topological polar surface area (TPSA) is 116 Å². The second-order valence-electron chi connectivity index (χ2n) is 7.45. The molecule has 0 spiro atoms. The van der Waals surface area contributed by atoms with Gasteiger partial charge in [0.15, 0.2) is 0 Å². The molecule has 0 bridgehead atoms. The number of halogens is 2. The van der Waals surface area contributed by atoms with E-state index in [2.05, 4.69) is 0 Å². The number of carbonyl (C=O) groups excluding carboxylic acids is 1. The SMILES string of the molecule is C[C@@]1(O)CCCN(S(=O)(=O)c2ccc(OCc3ccc(F)cc3F)cc2)C1C(=O)NO. The molecule has 1 amide bonds. The van der Waals surface area contributed by atoms with Gasteiger partial charge in [-0.2, -0.15) is 4.31 Å². The van der Waals surface area contributed by atoms with Crippen molar-refractivity contribution in [3.05, 3.63) is 59.7 Å². The summed E-state index contributed by atoms with van der Waals surface area (Å²) in [4.78, 5) is 11.9. The van der Waals surface area contributed by atoms with Crippen molar-refractivity contribution >= 4 is 15.9 Å². The highest BCUT2D eigenvalue weighted by molar-refractivity contribution is 7.89. The van der Waals surface area contributed by atoms with Gasteiger partial charge in [-0.25, -0.2) is 22.7 Å². The third-order valence-electron chi connectivity index (χ3n) is 5.14. The molecule has 1 unspecified atom stereocenters. The van der Waals surface area contributed by atoms with E-state index in [1.165, 1.54) is 42.7 Å². The first-order chi connectivity index (χ1) is 14.6. The van der Waals surface area contributed by atoms with E-state index >= 15 is 0 Å². The maximum atomic E-state index is 13.7.